The number of aryl methyl sites for hydroxylation is 1. The van der Waals surface area contributed by atoms with Gasteiger partial charge in [0, 0.05) is 17.8 Å². The van der Waals surface area contributed by atoms with Crippen LogP contribution >= 0.6 is 0 Å². The monoisotopic (exact) mass is 266 g/mol. The maximum atomic E-state index is 12.4. The summed E-state index contributed by atoms with van der Waals surface area (Å²) in [5.41, 5.74) is 10.0. The standard InChI is InChI=1S/C17H18N2O/c18-15-9-3-1-7-14(15)12-19-16-10-4-2-6-13(16)8-5-11-17(19)20/h1-4,6-7,9-10H,5,8,11-12,18H2. The van der Waals surface area contributed by atoms with E-state index in [4.69, 9.17) is 5.73 Å². The highest BCUT2D eigenvalue weighted by Gasteiger charge is 2.22. The second kappa shape index (κ2) is 5.37. The van der Waals surface area contributed by atoms with Crippen molar-refractivity contribution in [3.63, 3.8) is 0 Å². The molecular formula is C17H18N2O. The number of amides is 1. The fraction of sp³-hybridized carbons (Fsp3) is 0.235. The molecule has 0 saturated heterocycles. The first-order valence-electron chi connectivity index (χ1n) is 6.97. The molecule has 3 heteroatoms. The number of hydrogen-bond donors (Lipinski definition) is 1. The number of carbonyl (C=O) groups is 1. The Bertz CT molecular complexity index is 636. The lowest BCUT2D eigenvalue weighted by Gasteiger charge is -2.23. The Morgan fingerprint density at radius 2 is 1.75 bits per heavy atom. The maximum Gasteiger partial charge on any atom is 0.227 e. The molecular weight excluding hydrogens is 248 g/mol. The van der Waals surface area contributed by atoms with Crippen molar-refractivity contribution in [2.75, 3.05) is 10.6 Å². The van der Waals surface area contributed by atoms with E-state index in [0.717, 1.165) is 29.8 Å². The fourth-order valence-corrected chi connectivity index (χ4v) is 2.71. The first kappa shape index (κ1) is 12.7. The molecule has 0 saturated carbocycles. The third kappa shape index (κ3) is 2.39. The molecule has 0 bridgehead atoms. The Morgan fingerprint density at radius 1 is 1.00 bits per heavy atom. The number of rotatable bonds is 2. The molecule has 1 aliphatic rings. The second-order valence-electron chi connectivity index (χ2n) is 5.16. The average molecular weight is 266 g/mol. The summed E-state index contributed by atoms with van der Waals surface area (Å²) in [6.07, 6.45) is 2.47. The van der Waals surface area contributed by atoms with Gasteiger partial charge in [-0.25, -0.2) is 0 Å². The van der Waals surface area contributed by atoms with Gasteiger partial charge in [0.2, 0.25) is 5.91 Å². The van der Waals surface area contributed by atoms with Crippen LogP contribution in [0.4, 0.5) is 11.4 Å². The number of benzene rings is 2. The van der Waals surface area contributed by atoms with E-state index in [0.29, 0.717) is 13.0 Å². The van der Waals surface area contributed by atoms with Crippen molar-refractivity contribution in [3.8, 4) is 0 Å². The van der Waals surface area contributed by atoms with Gasteiger partial charge in [0.1, 0.15) is 0 Å². The van der Waals surface area contributed by atoms with E-state index in [2.05, 4.69) is 6.07 Å². The molecule has 1 aliphatic heterocycles. The normalized spacial score (nSPS) is 14.8. The molecule has 20 heavy (non-hydrogen) atoms. The molecule has 3 rings (SSSR count). The smallest absolute Gasteiger partial charge is 0.227 e. The Labute approximate surface area is 119 Å². The average Bonchev–Trinajstić information content (AvgIpc) is 2.61. The third-order valence-corrected chi connectivity index (χ3v) is 3.80. The molecule has 2 aromatic carbocycles. The number of carbonyl (C=O) groups excluding carboxylic acids is 1. The highest BCUT2D eigenvalue weighted by atomic mass is 16.2. The topological polar surface area (TPSA) is 46.3 Å². The molecule has 0 aliphatic carbocycles. The summed E-state index contributed by atoms with van der Waals surface area (Å²) in [6.45, 7) is 0.544. The van der Waals surface area contributed by atoms with E-state index >= 15 is 0 Å². The number of nitrogens with zero attached hydrogens (tertiary/aromatic N) is 1. The van der Waals surface area contributed by atoms with Gasteiger partial charge in [-0.05, 0) is 36.1 Å². The molecule has 3 nitrogen and oxygen atoms in total. The van der Waals surface area contributed by atoms with Crippen LogP contribution in [0.5, 0.6) is 0 Å². The van der Waals surface area contributed by atoms with E-state index in [9.17, 15) is 4.79 Å². The van der Waals surface area contributed by atoms with Gasteiger partial charge >= 0.3 is 0 Å². The van der Waals surface area contributed by atoms with Crippen molar-refractivity contribution >= 4 is 17.3 Å². The summed E-state index contributed by atoms with van der Waals surface area (Å²) >= 11 is 0. The highest BCUT2D eigenvalue weighted by Crippen LogP contribution is 2.29. The third-order valence-electron chi connectivity index (χ3n) is 3.80. The van der Waals surface area contributed by atoms with Crippen molar-refractivity contribution in [3.05, 3.63) is 59.7 Å². The number of nitrogen functional groups attached to an aromatic ring is 1. The van der Waals surface area contributed by atoms with Crippen molar-refractivity contribution in [1.29, 1.82) is 0 Å². The largest absolute Gasteiger partial charge is 0.398 e. The predicted molar refractivity (Wildman–Crippen MR) is 81.4 cm³/mol. The summed E-state index contributed by atoms with van der Waals surface area (Å²) in [5, 5.41) is 0. The number of para-hydroxylation sites is 2. The minimum atomic E-state index is 0.179. The summed E-state index contributed by atoms with van der Waals surface area (Å²) in [7, 11) is 0. The minimum absolute atomic E-state index is 0.179. The lowest BCUT2D eigenvalue weighted by molar-refractivity contribution is -0.118. The SMILES string of the molecule is Nc1ccccc1CN1C(=O)CCCc2ccccc21. The van der Waals surface area contributed by atoms with Crippen LogP contribution < -0.4 is 10.6 Å². The van der Waals surface area contributed by atoms with E-state index in [1.165, 1.54) is 5.56 Å². The predicted octanol–water partition coefficient (Wildman–Crippen LogP) is 3.14. The van der Waals surface area contributed by atoms with Crippen LogP contribution in [-0.2, 0) is 17.8 Å². The van der Waals surface area contributed by atoms with Crippen LogP contribution in [0.15, 0.2) is 48.5 Å². The fourth-order valence-electron chi connectivity index (χ4n) is 2.71. The van der Waals surface area contributed by atoms with Gasteiger partial charge in [-0.15, -0.1) is 0 Å². The summed E-state index contributed by atoms with van der Waals surface area (Å²) < 4.78 is 0. The van der Waals surface area contributed by atoms with E-state index in [1.807, 2.05) is 47.4 Å². The molecule has 0 fully saturated rings. The van der Waals surface area contributed by atoms with Crippen molar-refractivity contribution in [2.45, 2.75) is 25.8 Å². The Hall–Kier alpha value is -2.29. The van der Waals surface area contributed by atoms with Crippen LogP contribution in [0, 0.1) is 0 Å². The molecule has 2 N–H and O–H groups in total. The molecule has 1 heterocycles. The van der Waals surface area contributed by atoms with Crippen LogP contribution in [-0.4, -0.2) is 5.91 Å². The van der Waals surface area contributed by atoms with Crippen molar-refractivity contribution in [2.24, 2.45) is 0 Å². The van der Waals surface area contributed by atoms with Gasteiger partial charge in [0.25, 0.3) is 0 Å². The first-order valence-corrected chi connectivity index (χ1v) is 6.97. The molecule has 0 aromatic heterocycles. The Balaban J connectivity index is 1.98. The number of anilines is 2. The molecule has 0 unspecified atom stereocenters. The molecule has 1 amide bonds. The van der Waals surface area contributed by atoms with Gasteiger partial charge in [-0.1, -0.05) is 36.4 Å². The summed E-state index contributed by atoms with van der Waals surface area (Å²) in [6, 6.07) is 15.9. The zero-order valence-corrected chi connectivity index (χ0v) is 11.4. The molecule has 0 spiro atoms. The second-order valence-corrected chi connectivity index (χ2v) is 5.16. The number of hydrogen-bond acceptors (Lipinski definition) is 2. The van der Waals surface area contributed by atoms with Gasteiger partial charge in [0.05, 0.1) is 6.54 Å². The van der Waals surface area contributed by atoms with Gasteiger partial charge in [0.15, 0.2) is 0 Å². The minimum Gasteiger partial charge on any atom is -0.398 e. The van der Waals surface area contributed by atoms with E-state index in [1.54, 1.807) is 0 Å². The lowest BCUT2D eigenvalue weighted by atomic mass is 10.1. The van der Waals surface area contributed by atoms with Crippen LogP contribution in [0.3, 0.4) is 0 Å². The quantitative estimate of drug-likeness (QED) is 0.849. The van der Waals surface area contributed by atoms with Crippen LogP contribution in [0.25, 0.3) is 0 Å². The summed E-state index contributed by atoms with van der Waals surface area (Å²) in [4.78, 5) is 14.2. The Kier molecular flexibility index (Phi) is 3.42. The molecule has 0 atom stereocenters. The van der Waals surface area contributed by atoms with E-state index in [-0.39, 0.29) is 5.91 Å². The maximum absolute atomic E-state index is 12.4. The Morgan fingerprint density at radius 3 is 2.60 bits per heavy atom. The van der Waals surface area contributed by atoms with E-state index < -0.39 is 0 Å². The molecule has 102 valence electrons. The zero-order valence-electron chi connectivity index (χ0n) is 11.4. The van der Waals surface area contributed by atoms with Gasteiger partial charge in [-0.2, -0.15) is 0 Å². The zero-order chi connectivity index (χ0) is 13.9. The number of nitrogens with two attached hydrogens (primary N) is 1. The van der Waals surface area contributed by atoms with Crippen molar-refractivity contribution < 1.29 is 4.79 Å². The first-order chi connectivity index (χ1) is 9.75. The molecule has 2 aromatic rings. The van der Waals surface area contributed by atoms with Gasteiger partial charge in [-0.3, -0.25) is 4.79 Å². The van der Waals surface area contributed by atoms with Crippen LogP contribution in [0.1, 0.15) is 24.0 Å². The highest BCUT2D eigenvalue weighted by molar-refractivity contribution is 5.94. The summed E-state index contributed by atoms with van der Waals surface area (Å²) in [5.74, 6) is 0.179. The van der Waals surface area contributed by atoms with Crippen molar-refractivity contribution in [1.82, 2.24) is 0 Å². The molecule has 0 radical (unpaired) electrons. The number of fused-ring (bicyclic) bond motifs is 1. The lowest BCUT2D eigenvalue weighted by Crippen LogP contribution is -2.29. The van der Waals surface area contributed by atoms with Crippen LogP contribution in [0.2, 0.25) is 0 Å². The van der Waals surface area contributed by atoms with Gasteiger partial charge < -0.3 is 10.6 Å².